The average molecular weight is 517 g/mol. The highest BCUT2D eigenvalue weighted by atomic mass is 16.7. The fourth-order valence-electron chi connectivity index (χ4n) is 5.22. The van der Waals surface area contributed by atoms with E-state index in [1.54, 1.807) is 0 Å². The third-order valence-corrected chi connectivity index (χ3v) is 7.31. The SMILES string of the molecule is CC(=O)NCc1cccc(-c2ccc([C@@H]3O[C@H](CN4CC[C@H](O)C4)C[C@H](c4ccc(CO)cc4)O3)cc2)c1. The molecule has 5 rings (SSSR count). The number of benzene rings is 3. The number of likely N-dealkylation sites (tertiary alicyclic amines) is 1. The van der Waals surface area contributed by atoms with Crippen molar-refractivity contribution in [3.05, 3.63) is 95.1 Å². The number of amides is 1. The summed E-state index contributed by atoms with van der Waals surface area (Å²) < 4.78 is 12.9. The first-order valence-corrected chi connectivity index (χ1v) is 13.3. The van der Waals surface area contributed by atoms with Crippen molar-refractivity contribution in [3.8, 4) is 11.1 Å². The number of rotatable bonds is 8. The zero-order valence-corrected chi connectivity index (χ0v) is 21.8. The van der Waals surface area contributed by atoms with E-state index in [2.05, 4.69) is 34.5 Å². The fraction of sp³-hybridized carbons (Fsp3) is 0.387. The van der Waals surface area contributed by atoms with E-state index in [9.17, 15) is 15.0 Å². The lowest BCUT2D eigenvalue weighted by Gasteiger charge is -2.37. The van der Waals surface area contributed by atoms with Crippen molar-refractivity contribution in [1.29, 1.82) is 0 Å². The summed E-state index contributed by atoms with van der Waals surface area (Å²) in [5.41, 5.74) is 6.09. The molecule has 3 N–H and O–H groups in total. The van der Waals surface area contributed by atoms with E-state index < -0.39 is 6.29 Å². The second-order valence-corrected chi connectivity index (χ2v) is 10.3. The molecular weight excluding hydrogens is 480 g/mol. The van der Waals surface area contributed by atoms with Crippen LogP contribution in [-0.4, -0.2) is 52.9 Å². The molecule has 0 aromatic heterocycles. The third kappa shape index (κ3) is 6.67. The van der Waals surface area contributed by atoms with E-state index in [1.807, 2.05) is 48.5 Å². The van der Waals surface area contributed by atoms with Crippen molar-refractivity contribution in [2.75, 3.05) is 19.6 Å². The van der Waals surface area contributed by atoms with E-state index >= 15 is 0 Å². The number of carbonyl (C=O) groups excluding carboxylic acids is 1. The maximum absolute atomic E-state index is 11.3. The Hall–Kier alpha value is -3.07. The van der Waals surface area contributed by atoms with E-state index in [1.165, 1.54) is 6.92 Å². The van der Waals surface area contributed by atoms with Crippen molar-refractivity contribution in [2.24, 2.45) is 0 Å². The molecule has 200 valence electrons. The second-order valence-electron chi connectivity index (χ2n) is 10.3. The van der Waals surface area contributed by atoms with Gasteiger partial charge in [0.25, 0.3) is 0 Å². The number of ether oxygens (including phenoxy) is 2. The van der Waals surface area contributed by atoms with E-state index in [0.717, 1.165) is 59.3 Å². The molecule has 2 heterocycles. The van der Waals surface area contributed by atoms with Gasteiger partial charge in [0.2, 0.25) is 5.91 Å². The molecule has 2 aliphatic heterocycles. The number of hydrogen-bond donors (Lipinski definition) is 3. The first kappa shape index (κ1) is 26.5. The number of nitrogens with zero attached hydrogens (tertiary/aromatic N) is 1. The molecule has 4 atom stereocenters. The minimum Gasteiger partial charge on any atom is -0.392 e. The highest BCUT2D eigenvalue weighted by Gasteiger charge is 2.34. The van der Waals surface area contributed by atoms with Crippen molar-refractivity contribution >= 4 is 5.91 Å². The lowest BCUT2D eigenvalue weighted by atomic mass is 9.99. The van der Waals surface area contributed by atoms with Crippen LogP contribution in [0.15, 0.2) is 72.8 Å². The van der Waals surface area contributed by atoms with Gasteiger partial charge in [-0.15, -0.1) is 0 Å². The summed E-state index contributed by atoms with van der Waals surface area (Å²) in [5.74, 6) is -0.0471. The lowest BCUT2D eigenvalue weighted by molar-refractivity contribution is -0.252. The second kappa shape index (κ2) is 12.2. The number of nitrogens with one attached hydrogen (secondary N) is 1. The largest absolute Gasteiger partial charge is 0.392 e. The zero-order valence-electron chi connectivity index (χ0n) is 21.8. The minimum atomic E-state index is -0.510. The molecule has 0 saturated carbocycles. The van der Waals surface area contributed by atoms with E-state index in [0.29, 0.717) is 13.1 Å². The Kier molecular flexibility index (Phi) is 8.51. The van der Waals surface area contributed by atoms with Gasteiger partial charge in [-0.25, -0.2) is 0 Å². The Balaban J connectivity index is 1.33. The number of carbonyl (C=O) groups is 1. The van der Waals surface area contributed by atoms with Crippen molar-refractivity contribution in [3.63, 3.8) is 0 Å². The van der Waals surface area contributed by atoms with Gasteiger partial charge < -0.3 is 25.0 Å². The van der Waals surface area contributed by atoms with Crippen LogP contribution in [-0.2, 0) is 27.4 Å². The van der Waals surface area contributed by atoms with Gasteiger partial charge >= 0.3 is 0 Å². The Bertz CT molecular complexity index is 1210. The van der Waals surface area contributed by atoms with Gasteiger partial charge in [0.05, 0.1) is 24.9 Å². The summed E-state index contributed by atoms with van der Waals surface area (Å²) in [5, 5.41) is 22.3. The van der Waals surface area contributed by atoms with Crippen LogP contribution >= 0.6 is 0 Å². The van der Waals surface area contributed by atoms with Crippen LogP contribution in [0, 0.1) is 0 Å². The van der Waals surface area contributed by atoms with Crippen LogP contribution in [0.3, 0.4) is 0 Å². The molecule has 2 fully saturated rings. The maximum Gasteiger partial charge on any atom is 0.217 e. The number of β-amino-alcohol motifs (C(OH)–C–C–N with tert-alkyl or cyclic N) is 1. The van der Waals surface area contributed by atoms with Crippen molar-refractivity contribution in [1.82, 2.24) is 10.2 Å². The van der Waals surface area contributed by atoms with Crippen LogP contribution in [0.2, 0.25) is 0 Å². The Labute approximate surface area is 224 Å². The highest BCUT2D eigenvalue weighted by Crippen LogP contribution is 2.39. The molecule has 7 nitrogen and oxygen atoms in total. The molecule has 2 aliphatic rings. The van der Waals surface area contributed by atoms with Crippen molar-refractivity contribution < 1.29 is 24.5 Å². The number of aliphatic hydroxyl groups is 2. The van der Waals surface area contributed by atoms with Gasteiger partial charge in [-0.05, 0) is 40.3 Å². The van der Waals surface area contributed by atoms with Gasteiger partial charge in [0, 0.05) is 45.1 Å². The van der Waals surface area contributed by atoms with E-state index in [4.69, 9.17) is 9.47 Å². The summed E-state index contributed by atoms with van der Waals surface area (Å²) in [4.78, 5) is 13.5. The molecule has 0 spiro atoms. The van der Waals surface area contributed by atoms with Crippen LogP contribution in [0.25, 0.3) is 11.1 Å². The molecule has 0 aliphatic carbocycles. The van der Waals surface area contributed by atoms with Gasteiger partial charge in [-0.3, -0.25) is 9.69 Å². The van der Waals surface area contributed by atoms with Gasteiger partial charge in [0.1, 0.15) is 0 Å². The van der Waals surface area contributed by atoms with E-state index in [-0.39, 0.29) is 30.8 Å². The molecule has 7 heteroatoms. The first-order valence-electron chi connectivity index (χ1n) is 13.3. The quantitative estimate of drug-likeness (QED) is 0.418. The Morgan fingerprint density at radius 3 is 2.42 bits per heavy atom. The maximum atomic E-state index is 11.3. The van der Waals surface area contributed by atoms with Crippen molar-refractivity contribution in [2.45, 2.75) is 57.5 Å². The summed E-state index contributed by atoms with van der Waals surface area (Å²) >= 11 is 0. The number of aliphatic hydroxyl groups excluding tert-OH is 2. The van der Waals surface area contributed by atoms with Crippen LogP contribution < -0.4 is 5.32 Å². The molecule has 0 unspecified atom stereocenters. The Morgan fingerprint density at radius 2 is 1.74 bits per heavy atom. The molecule has 0 radical (unpaired) electrons. The first-order chi connectivity index (χ1) is 18.5. The summed E-state index contributed by atoms with van der Waals surface area (Å²) in [6.45, 7) is 4.34. The number of hydrogen-bond acceptors (Lipinski definition) is 6. The average Bonchev–Trinajstić information content (AvgIpc) is 3.36. The predicted molar refractivity (Wildman–Crippen MR) is 145 cm³/mol. The zero-order chi connectivity index (χ0) is 26.5. The van der Waals surface area contributed by atoms with Crippen LogP contribution in [0.4, 0.5) is 0 Å². The van der Waals surface area contributed by atoms with Crippen LogP contribution in [0.5, 0.6) is 0 Å². The molecule has 1 amide bonds. The molecule has 3 aromatic carbocycles. The van der Waals surface area contributed by atoms with Gasteiger partial charge in [-0.2, -0.15) is 0 Å². The minimum absolute atomic E-state index is 0.0138. The fourth-order valence-corrected chi connectivity index (χ4v) is 5.22. The lowest BCUT2D eigenvalue weighted by Crippen LogP contribution is -2.38. The molecule has 2 saturated heterocycles. The predicted octanol–water partition coefficient (Wildman–Crippen LogP) is 4.09. The van der Waals surface area contributed by atoms with Crippen LogP contribution in [0.1, 0.15) is 54.4 Å². The van der Waals surface area contributed by atoms with Gasteiger partial charge in [0.15, 0.2) is 6.29 Å². The molecule has 38 heavy (non-hydrogen) atoms. The third-order valence-electron chi connectivity index (χ3n) is 7.31. The van der Waals surface area contributed by atoms with Gasteiger partial charge in [-0.1, -0.05) is 66.7 Å². The topological polar surface area (TPSA) is 91.3 Å². The Morgan fingerprint density at radius 1 is 0.974 bits per heavy atom. The highest BCUT2D eigenvalue weighted by molar-refractivity contribution is 5.73. The molecular formula is C31H36N2O5. The molecule has 0 bridgehead atoms. The standard InChI is InChI=1S/C31H36N2O5/c1-21(35)32-17-23-3-2-4-27(15-23)24-9-11-26(12-10-24)31-37-29(19-33-14-13-28(36)18-33)16-30(38-31)25-7-5-22(20-34)6-8-25/h2-12,15,28-31,34,36H,13-14,16-20H2,1H3,(H,32,35)/t28-,29-,30+,31+/m0/s1. The summed E-state index contributed by atoms with van der Waals surface area (Å²) in [7, 11) is 0. The molecule has 3 aromatic rings. The summed E-state index contributed by atoms with van der Waals surface area (Å²) in [6.07, 6.45) is 0.573. The monoisotopic (exact) mass is 516 g/mol. The summed E-state index contributed by atoms with van der Waals surface area (Å²) in [6, 6.07) is 24.3. The smallest absolute Gasteiger partial charge is 0.217 e. The normalized spacial score (nSPS) is 23.9.